The van der Waals surface area contributed by atoms with Crippen molar-refractivity contribution < 1.29 is 37.5 Å². The van der Waals surface area contributed by atoms with Gasteiger partial charge in [-0.3, -0.25) is 9.59 Å². The molecule has 3 heterocycles. The number of aliphatic carboxylic acids is 1. The summed E-state index contributed by atoms with van der Waals surface area (Å²) >= 11 is 0. The number of fused-ring (bicyclic) bond motifs is 15. The minimum absolute atomic E-state index is 0. The summed E-state index contributed by atoms with van der Waals surface area (Å²) in [7, 11) is 0. The Labute approximate surface area is 202 Å². The van der Waals surface area contributed by atoms with Crippen LogP contribution in [-0.2, 0) is 26.7 Å². The molecule has 0 unspecified atom stereocenters. The number of carbonyl (C=O) groups excluding carboxylic acids is 1. The van der Waals surface area contributed by atoms with Gasteiger partial charge in [-0.2, -0.15) is 39.3 Å². The third-order valence-electron chi connectivity index (χ3n) is 5.17. The van der Waals surface area contributed by atoms with Crippen LogP contribution in [-0.4, -0.2) is 101 Å². The van der Waals surface area contributed by atoms with Gasteiger partial charge in [-0.15, -0.1) is 39.3 Å². The number of carboxylic acids is 1. The van der Waals surface area contributed by atoms with Crippen LogP contribution in [0.15, 0.2) is 0 Å². The molecule has 0 saturated carbocycles. The van der Waals surface area contributed by atoms with E-state index in [1.165, 1.54) is 0 Å². The summed E-state index contributed by atoms with van der Waals surface area (Å²) in [6.45, 7) is 9.16. The van der Waals surface area contributed by atoms with Crippen LogP contribution in [0.2, 0.25) is 0 Å². The van der Waals surface area contributed by atoms with Gasteiger partial charge in [0.05, 0.1) is 0 Å². The average molecular weight is 493 g/mol. The minimum Gasteiger partial charge on any atom is -0.663 e. The van der Waals surface area contributed by atoms with Crippen LogP contribution in [0.5, 0.6) is 0 Å². The molecule has 1 radical (unpaired) electrons. The second kappa shape index (κ2) is 15.1. The molecule has 3 saturated heterocycles. The van der Waals surface area contributed by atoms with Crippen LogP contribution in [0.4, 0.5) is 0 Å². The molecule has 0 aliphatic carbocycles. The maximum atomic E-state index is 12.5. The molecule has 3 rings (SSSR count). The molecule has 11 heteroatoms. The summed E-state index contributed by atoms with van der Waals surface area (Å²) in [5, 5.41) is 39.8. The van der Waals surface area contributed by atoms with E-state index in [-0.39, 0.29) is 46.9 Å². The Morgan fingerprint density at radius 2 is 1.16 bits per heavy atom. The van der Waals surface area contributed by atoms with E-state index in [1.807, 2.05) is 0 Å². The number of hydrogen-bond donors (Lipinski definition) is 2. The van der Waals surface area contributed by atoms with Gasteiger partial charge < -0.3 is 42.3 Å². The SMILES string of the molecule is CC12C[N-]CC[N-]CC(NC(=O)CCCC(=O)O)(C[N-]CC[N-]C1)C[N-]CC[N-]C2.[Cu].[HH].[HH].[HH].[HH]. The van der Waals surface area contributed by atoms with Crippen molar-refractivity contribution in [1.82, 2.24) is 5.32 Å². The number of carbonyl (C=O) groups is 2. The van der Waals surface area contributed by atoms with Crippen LogP contribution in [0, 0.1) is 5.41 Å². The number of nitrogens with zero attached hydrogens (tertiary/aromatic N) is 6. The van der Waals surface area contributed by atoms with Crippen molar-refractivity contribution in [2.24, 2.45) is 5.41 Å². The Balaban J connectivity index is -0.000000961. The minimum atomic E-state index is -0.899. The zero-order valence-electron chi connectivity index (χ0n) is 18.4. The summed E-state index contributed by atoms with van der Waals surface area (Å²) in [5.74, 6) is -1.08. The summed E-state index contributed by atoms with van der Waals surface area (Å²) in [6.07, 6.45) is 0.438. The molecule has 2 bridgehead atoms. The zero-order chi connectivity index (χ0) is 21.7. The molecule has 0 aromatic heterocycles. The van der Waals surface area contributed by atoms with Crippen molar-refractivity contribution in [3.8, 4) is 0 Å². The third-order valence-corrected chi connectivity index (χ3v) is 5.17. The maximum absolute atomic E-state index is 12.5. The Bertz CT molecular complexity index is 513. The van der Waals surface area contributed by atoms with Crippen molar-refractivity contribution in [1.29, 1.82) is 0 Å². The molecule has 3 fully saturated rings. The number of hydrogen-bond acceptors (Lipinski definition) is 2. The molecule has 2 N–H and O–H groups in total. The van der Waals surface area contributed by atoms with Gasteiger partial charge in [-0.05, 0) is 12.0 Å². The molecule has 1 amide bonds. The number of amides is 1. The van der Waals surface area contributed by atoms with E-state index >= 15 is 0 Å². The first kappa shape index (κ1) is 28.3. The molecule has 0 spiro atoms. The quantitative estimate of drug-likeness (QED) is 0.566. The first-order valence-corrected chi connectivity index (χ1v) is 10.8. The van der Waals surface area contributed by atoms with Crippen molar-refractivity contribution in [2.75, 3.05) is 78.5 Å². The normalized spacial score (nSPS) is 29.2. The van der Waals surface area contributed by atoms with E-state index in [0.29, 0.717) is 85.0 Å². The number of nitrogens with one attached hydrogen (secondary N) is 1. The van der Waals surface area contributed by atoms with Crippen LogP contribution >= 0.6 is 0 Å². The van der Waals surface area contributed by atoms with Gasteiger partial charge in [0.1, 0.15) is 0 Å². The van der Waals surface area contributed by atoms with Crippen molar-refractivity contribution in [2.45, 2.75) is 31.7 Å². The topological polar surface area (TPSA) is 151 Å². The molecule has 0 atom stereocenters. The van der Waals surface area contributed by atoms with Crippen LogP contribution in [0.3, 0.4) is 0 Å². The van der Waals surface area contributed by atoms with Crippen molar-refractivity contribution in [3.63, 3.8) is 0 Å². The average Bonchev–Trinajstić information content (AvgIpc) is 2.69. The first-order chi connectivity index (χ1) is 14.4. The molecule has 10 nitrogen and oxygen atoms in total. The molecular weight excluding hydrogens is 450 g/mol. The van der Waals surface area contributed by atoms with Gasteiger partial charge in [-0.1, -0.05) is 12.3 Å². The zero-order valence-corrected chi connectivity index (χ0v) is 19.3. The van der Waals surface area contributed by atoms with Crippen LogP contribution < -0.4 is 5.32 Å². The largest absolute Gasteiger partial charge is 0.663 e. The Morgan fingerprint density at radius 1 is 0.774 bits per heavy atom. The van der Waals surface area contributed by atoms with Gasteiger partial charge in [0.2, 0.25) is 5.91 Å². The van der Waals surface area contributed by atoms with Gasteiger partial charge in [0, 0.05) is 35.6 Å². The second-order valence-corrected chi connectivity index (χ2v) is 8.52. The summed E-state index contributed by atoms with van der Waals surface area (Å²) in [5.41, 5.74) is -0.759. The van der Waals surface area contributed by atoms with Gasteiger partial charge >= 0.3 is 5.97 Å². The van der Waals surface area contributed by atoms with Gasteiger partial charge in [0.25, 0.3) is 0 Å². The third kappa shape index (κ3) is 11.6. The maximum Gasteiger partial charge on any atom is 0.303 e. The smallest absolute Gasteiger partial charge is 0.303 e. The van der Waals surface area contributed by atoms with E-state index in [4.69, 9.17) is 5.11 Å². The molecule has 3 aliphatic rings. The molecular formula is C20H43CuN7O3-6. The van der Waals surface area contributed by atoms with E-state index < -0.39 is 11.5 Å². The monoisotopic (exact) mass is 492 g/mol. The van der Waals surface area contributed by atoms with Crippen molar-refractivity contribution in [3.05, 3.63) is 31.9 Å². The molecule has 0 aromatic carbocycles. The summed E-state index contributed by atoms with van der Waals surface area (Å²) < 4.78 is 0. The van der Waals surface area contributed by atoms with E-state index in [9.17, 15) is 9.59 Å². The predicted molar refractivity (Wildman–Crippen MR) is 127 cm³/mol. The fourth-order valence-electron chi connectivity index (χ4n) is 3.53. The number of rotatable bonds is 5. The second-order valence-electron chi connectivity index (χ2n) is 8.52. The Kier molecular flexibility index (Phi) is 13.8. The van der Waals surface area contributed by atoms with Gasteiger partial charge in [0.15, 0.2) is 0 Å². The van der Waals surface area contributed by atoms with E-state index in [0.717, 1.165) is 0 Å². The van der Waals surface area contributed by atoms with Crippen LogP contribution in [0.1, 0.15) is 31.9 Å². The summed E-state index contributed by atoms with van der Waals surface area (Å²) in [4.78, 5) is 23.2. The predicted octanol–water partition coefficient (Wildman–Crippen LogP) is 3.35. The Morgan fingerprint density at radius 3 is 1.55 bits per heavy atom. The first-order valence-electron chi connectivity index (χ1n) is 10.8. The van der Waals surface area contributed by atoms with Gasteiger partial charge in [-0.25, -0.2) is 0 Å². The molecule has 0 aromatic rings. The standard InChI is InChI=1S/C20H35N7O3.Cu.4H2/c1-19-11-21-5-8-24-14-20(15-25-9-6-22-12-19,16-26-10-7-23-13-19)27-17(28)3-2-4-18(29)30;;;;;/h2-16H2,1H3,(H,27,28)(H,29,30);;4*1H/q-6;;;;;. The molecule has 193 valence electrons. The fraction of sp³-hybridized carbons (Fsp3) is 0.900. The fourth-order valence-corrected chi connectivity index (χ4v) is 3.53. The Hall–Kier alpha value is -0.781. The van der Waals surface area contributed by atoms with E-state index in [2.05, 4.69) is 44.1 Å². The molecule has 3 aliphatic heterocycles. The summed E-state index contributed by atoms with van der Waals surface area (Å²) in [6, 6.07) is 0. The van der Waals surface area contributed by atoms with Crippen molar-refractivity contribution >= 4 is 11.9 Å². The van der Waals surface area contributed by atoms with Crippen LogP contribution in [0.25, 0.3) is 31.9 Å². The van der Waals surface area contributed by atoms with E-state index in [1.54, 1.807) is 0 Å². The number of carboxylic acid groups (broad SMARTS) is 1. The molecule has 31 heavy (non-hydrogen) atoms.